The Hall–Kier alpha value is -0.0101. The van der Waals surface area contributed by atoms with Crippen molar-refractivity contribution in [2.24, 2.45) is 0 Å². The molecule has 0 amide bonds. The maximum atomic E-state index is 0. The largest absolute Gasteiger partial charge is 0.269 e. The summed E-state index contributed by atoms with van der Waals surface area (Å²) < 4.78 is 0. The molecule has 0 aromatic heterocycles. The zero-order valence-corrected chi connectivity index (χ0v) is 0.816. The van der Waals surface area contributed by atoms with Crippen LogP contribution in [-0.2, 0) is 0 Å². The van der Waals surface area contributed by atoms with Crippen LogP contribution < -0.4 is 0 Å². The summed E-state index contributed by atoms with van der Waals surface area (Å²) >= 11 is 0. The third-order valence-corrected chi connectivity index (χ3v) is 0. The van der Waals surface area contributed by atoms with Gasteiger partial charge in [-0.25, -0.2) is 0 Å². The molecule has 0 aromatic rings. The Balaban J connectivity index is 0. The highest BCUT2D eigenvalue weighted by Crippen LogP contribution is 0.421. The second-order valence-electron chi connectivity index (χ2n) is 0. The molecule has 0 unspecified atom stereocenters. The van der Waals surface area contributed by atoms with Crippen molar-refractivity contribution in [1.82, 2.24) is 0 Å². The molecular weight excluding hydrogens is 59.6 g/mol. The van der Waals surface area contributed by atoms with E-state index in [1.54, 1.807) is 0 Å². The van der Waals surface area contributed by atoms with Gasteiger partial charge in [0.05, 0.1) is 16.8 Å². The molecule has 0 aliphatic rings. The second-order valence-corrected chi connectivity index (χ2v) is 0. The molecule has 28 valence electrons. The number of hydrogen-bond acceptors (Lipinski definition) is 0. The van der Waals surface area contributed by atoms with Gasteiger partial charge in [0.1, 0.15) is 0 Å². The van der Waals surface area contributed by atoms with E-state index in [4.69, 9.17) is 0 Å². The van der Waals surface area contributed by atoms with Crippen LogP contribution in [0.5, 0.6) is 0 Å². The standard InChI is InChI=1S/2BH3.2FH/h2*1H3;2*1H. The van der Waals surface area contributed by atoms with Gasteiger partial charge in [-0.1, -0.05) is 0 Å². The van der Waals surface area contributed by atoms with Gasteiger partial charge in [-0.15, -0.1) is 0 Å². The Morgan fingerprint density at radius 1 is 0.500 bits per heavy atom. The maximum absolute atomic E-state index is 0. The van der Waals surface area contributed by atoms with Crippen LogP contribution in [0.1, 0.15) is 0 Å². The molecule has 4 heteroatoms. The minimum absolute atomic E-state index is 0. The van der Waals surface area contributed by atoms with E-state index in [1.807, 2.05) is 0 Å². The second kappa shape index (κ2) is 115000. The molecule has 0 aromatic carbocycles. The van der Waals surface area contributed by atoms with Crippen molar-refractivity contribution in [2.45, 2.75) is 0 Å². The maximum Gasteiger partial charge on any atom is 0.0814 e. The molecule has 0 N–H and O–H groups in total. The molecule has 0 atom stereocenters. The third-order valence-electron chi connectivity index (χ3n) is 0. The van der Waals surface area contributed by atoms with Gasteiger partial charge in [0.25, 0.3) is 0 Å². The van der Waals surface area contributed by atoms with Gasteiger partial charge in [0, 0.05) is 0 Å². The number of rotatable bonds is 0. The summed E-state index contributed by atoms with van der Waals surface area (Å²) in [5, 5.41) is 0. The molecule has 0 saturated carbocycles. The lowest BCUT2D eigenvalue weighted by molar-refractivity contribution is 1.11. The molecule has 0 aliphatic heterocycles. The van der Waals surface area contributed by atoms with E-state index in [0.29, 0.717) is 0 Å². The molecule has 0 heterocycles. The fourth-order valence-corrected chi connectivity index (χ4v) is 0. The topological polar surface area (TPSA) is 0 Å². The van der Waals surface area contributed by atoms with Crippen LogP contribution in [0.4, 0.5) is 9.41 Å². The van der Waals surface area contributed by atoms with Crippen molar-refractivity contribution in [3.05, 3.63) is 0 Å². The van der Waals surface area contributed by atoms with Gasteiger partial charge in [-0.3, -0.25) is 9.41 Å². The average molecular weight is 67.7 g/mol. The van der Waals surface area contributed by atoms with Gasteiger partial charge in [0.15, 0.2) is 0 Å². The summed E-state index contributed by atoms with van der Waals surface area (Å²) in [7, 11) is 0. The minimum atomic E-state index is 0. The van der Waals surface area contributed by atoms with Crippen LogP contribution >= 0.6 is 0 Å². The highest BCUT2D eigenvalue weighted by Gasteiger charge is 0.0824. The molecule has 0 rings (SSSR count). The van der Waals surface area contributed by atoms with Crippen LogP contribution in [0.3, 0.4) is 0 Å². The summed E-state index contributed by atoms with van der Waals surface area (Å²) in [6.07, 6.45) is 0. The van der Waals surface area contributed by atoms with Crippen molar-refractivity contribution in [1.29, 1.82) is 0 Å². The Morgan fingerprint density at radius 3 is 0.500 bits per heavy atom. The SMILES string of the molecule is B.B.F.F. The normalized spacial score (nSPS) is 0. The molecular formula is H8B2F2. The van der Waals surface area contributed by atoms with Crippen molar-refractivity contribution < 1.29 is 9.41 Å². The molecule has 0 fully saturated rings. The fraction of sp³-hybridized carbons (Fsp3) is 0. The minimum Gasteiger partial charge on any atom is -0.269 e. The van der Waals surface area contributed by atoms with Gasteiger partial charge in [0.2, 0.25) is 0 Å². The lowest BCUT2D eigenvalue weighted by Gasteiger charge is -0.270. The predicted octanol–water partition coefficient (Wildman–Crippen LogP) is -2.06. The Bertz CT molecular complexity index is 4.00. The van der Waals surface area contributed by atoms with E-state index in [2.05, 4.69) is 0 Å². The Morgan fingerprint density at radius 2 is 0.500 bits per heavy atom. The van der Waals surface area contributed by atoms with Crippen LogP contribution in [-0.4, -0.2) is 16.8 Å². The van der Waals surface area contributed by atoms with Crippen LogP contribution in [0.15, 0.2) is 0 Å². The first-order valence-corrected chi connectivity index (χ1v) is 0. The number of halogens is 2. The van der Waals surface area contributed by atoms with Crippen LogP contribution in [0.2, 0.25) is 0 Å². The average Bonchev–Trinajstić information content (AvgIpc) is 0. The summed E-state index contributed by atoms with van der Waals surface area (Å²) in [5.41, 5.74) is 0. The van der Waals surface area contributed by atoms with E-state index >= 15 is 0 Å². The van der Waals surface area contributed by atoms with Crippen LogP contribution in [0, 0.1) is 0 Å². The summed E-state index contributed by atoms with van der Waals surface area (Å²) in [6.45, 7) is 0. The Labute approximate surface area is 27.5 Å². The molecule has 0 aliphatic carbocycles. The van der Waals surface area contributed by atoms with E-state index < -0.39 is 0 Å². The van der Waals surface area contributed by atoms with Crippen molar-refractivity contribution in [3.63, 3.8) is 0 Å². The molecule has 0 radical (unpaired) electrons. The first kappa shape index (κ1) is 348000. The molecule has 0 spiro atoms. The monoisotopic (exact) mass is 68.1 g/mol. The fourth-order valence-electron chi connectivity index (χ4n) is 0. The quantitative estimate of drug-likeness (QED) is 0.286. The van der Waals surface area contributed by atoms with E-state index in [9.17, 15) is 0 Å². The van der Waals surface area contributed by atoms with Gasteiger partial charge < -0.3 is 0 Å². The Kier molecular flexibility index (Phi) is 10000000000. The van der Waals surface area contributed by atoms with Crippen molar-refractivity contribution >= 4 is 16.8 Å². The highest BCUT2D eigenvalue weighted by molar-refractivity contribution is 5.76. The first-order valence-electron chi connectivity index (χ1n) is 0. The highest BCUT2D eigenvalue weighted by atomic mass is 19.0. The predicted molar refractivity (Wildman–Crippen MR) is 24.9 cm³/mol. The first-order chi connectivity index (χ1) is 0. The van der Waals surface area contributed by atoms with E-state index in [0.717, 1.165) is 0 Å². The van der Waals surface area contributed by atoms with Crippen molar-refractivity contribution in [3.8, 4) is 0 Å². The zero-order chi connectivity index (χ0) is 0. The molecule has 0 nitrogen and oxygen atoms in total. The third kappa shape index (κ3) is 19000. The smallest absolute Gasteiger partial charge is 0.0814 e. The van der Waals surface area contributed by atoms with E-state index in [1.165, 1.54) is 0 Å². The van der Waals surface area contributed by atoms with Gasteiger partial charge in [-0.2, -0.15) is 0 Å². The van der Waals surface area contributed by atoms with Gasteiger partial charge >= 0.3 is 0 Å². The zero-order valence-electron chi connectivity index (χ0n) is 0.816. The van der Waals surface area contributed by atoms with E-state index in [-0.39, 0.29) is 26.2 Å². The molecule has 0 bridgehead atoms. The van der Waals surface area contributed by atoms with Crippen LogP contribution in [0.25, 0.3) is 0 Å². The molecule has 0 saturated heterocycles. The van der Waals surface area contributed by atoms with Gasteiger partial charge in [-0.05, 0) is 0 Å². The summed E-state index contributed by atoms with van der Waals surface area (Å²) in [4.78, 5) is 0. The van der Waals surface area contributed by atoms with Crippen molar-refractivity contribution in [2.75, 3.05) is 0 Å². The summed E-state index contributed by atoms with van der Waals surface area (Å²) in [6, 6.07) is 0. The summed E-state index contributed by atoms with van der Waals surface area (Å²) in [5.74, 6) is 0. The molecule has 4 heavy (non-hydrogen) atoms. The number of hydrogen-bond donors (Lipinski definition) is 0. The lowest BCUT2D eigenvalue weighted by atomic mass is 10.8. The lowest BCUT2D eigenvalue weighted by Crippen LogP contribution is -0.382.